The van der Waals surface area contributed by atoms with Crippen molar-refractivity contribution < 1.29 is 70.6 Å². The van der Waals surface area contributed by atoms with E-state index in [1.165, 1.54) is 0 Å². The highest BCUT2D eigenvalue weighted by atomic mass is 31.2. The molecule has 18 heteroatoms. The van der Waals surface area contributed by atoms with Crippen molar-refractivity contribution in [2.45, 2.75) is 108 Å². The smallest absolute Gasteiger partial charge is 0.259 e. The molecule has 0 heterocycles. The third kappa shape index (κ3) is 23.0. The first-order chi connectivity index (χ1) is 53.8. The molecule has 0 N–H and O–H groups in total. The van der Waals surface area contributed by atoms with Gasteiger partial charge in [0.25, 0.3) is 8.53 Å². The van der Waals surface area contributed by atoms with Crippen LogP contribution in [0.4, 0.5) is 0 Å². The van der Waals surface area contributed by atoms with Crippen molar-refractivity contribution in [2.24, 2.45) is 5.41 Å². The predicted octanol–water partition coefficient (Wildman–Crippen LogP) is 19.1. The lowest BCUT2D eigenvalue weighted by Crippen LogP contribution is -2.42. The van der Waals surface area contributed by atoms with Crippen LogP contribution >= 0.6 is 8.53 Å². The first-order valence-corrected chi connectivity index (χ1v) is 39.5. The quantitative estimate of drug-likeness (QED) is 0.0201. The fourth-order valence-corrected chi connectivity index (χ4v) is 15.5. The zero-order chi connectivity index (χ0) is 77.7. The maximum atomic E-state index is 9.29. The summed E-state index contributed by atoms with van der Waals surface area (Å²) in [5.74, 6) is 4.45. The summed E-state index contributed by atoms with van der Waals surface area (Å²) in [4.78, 5) is 0. The number of rotatable bonds is 52. The Balaban J connectivity index is 0.978. The molecule has 0 saturated carbocycles. The first-order valence-electron chi connectivity index (χ1n) is 38.3. The van der Waals surface area contributed by atoms with Gasteiger partial charge in [-0.2, -0.15) is 5.26 Å². The Morgan fingerprint density at radius 3 is 0.773 bits per heavy atom. The number of hydrogen-bond acceptors (Lipinski definition) is 17. The highest BCUT2D eigenvalue weighted by Crippen LogP contribution is 2.48. The second kappa shape index (κ2) is 45.0. The van der Waals surface area contributed by atoms with Gasteiger partial charge in [-0.1, -0.05) is 177 Å². The molecule has 1 unspecified atom stereocenters. The van der Waals surface area contributed by atoms with Crippen LogP contribution in [0.3, 0.4) is 0 Å². The molecule has 0 amide bonds. The summed E-state index contributed by atoms with van der Waals surface area (Å²) in [6.07, 6.45) is 5.51. The van der Waals surface area contributed by atoms with Crippen LogP contribution in [0.5, 0.6) is 34.5 Å². The van der Waals surface area contributed by atoms with E-state index in [1.54, 1.807) is 42.7 Å². The molecule has 9 rings (SSSR count). The SMILES string of the molecule is COc1ccc(C(OCCCOCC(COCCCCCCOP(OCCC#N)N(C(C)C)C(C)C)(COCCCOC(c2ccccc2)(c2ccc(OC)cc2)c2ccc(OC)cc2)COCCCOC(c2ccccc2)(c2ccc(OC)cc2)c2ccc(OC)cc2)(c2ccccc2)c2ccc(OC)cc2)cc1. The molecular weight excluding hydrogens is 1400 g/mol. The largest absolute Gasteiger partial charge is 0.497 e. The average molecular weight is 1520 g/mol. The van der Waals surface area contributed by atoms with E-state index in [1.807, 2.05) is 127 Å². The van der Waals surface area contributed by atoms with Crippen LogP contribution in [0.2, 0.25) is 0 Å². The molecule has 0 saturated heterocycles. The van der Waals surface area contributed by atoms with Gasteiger partial charge < -0.3 is 70.6 Å². The summed E-state index contributed by atoms with van der Waals surface area (Å²) in [5.41, 5.74) is 4.74. The van der Waals surface area contributed by atoms with E-state index >= 15 is 0 Å². The monoisotopic (exact) mass is 1520 g/mol. The van der Waals surface area contributed by atoms with Gasteiger partial charge in [0.1, 0.15) is 51.3 Å². The first kappa shape index (κ1) is 85.3. The molecule has 0 spiro atoms. The summed E-state index contributed by atoms with van der Waals surface area (Å²) in [6.45, 7) is 13.1. The lowest BCUT2D eigenvalue weighted by molar-refractivity contribution is -0.113. The molecule has 0 aliphatic rings. The van der Waals surface area contributed by atoms with Crippen LogP contribution in [-0.2, 0) is 59.0 Å². The standard InChI is InChI=1S/C92H113N2O15P/c1-72(2)94(73(3)4)110(109-67-24-58-93)108-66-23-12-11-22-59-101-68-89(69-102-60-25-63-105-90(74-28-16-13-17-29-74,77-34-46-83(95-5)47-35-77)78-36-48-84(96-6)49-37-78,70-103-61-26-64-106-91(75-30-18-14-19-31-75,79-38-50-85(97-7)51-39-79)80-40-52-86(98-8)53-41-80)71-104-62-27-65-107-92(76-32-20-15-21-33-76,81-42-54-87(99-9)55-43-81)82-44-56-88(100-10)57-45-82/h13-21,28-57,72-73H,11-12,22-27,59-71H2,1-10H3. The van der Waals surface area contributed by atoms with Crippen LogP contribution in [-0.4, -0.2) is 145 Å². The Bertz CT molecular complexity index is 3520. The minimum absolute atomic E-state index is 0.218. The van der Waals surface area contributed by atoms with Gasteiger partial charge >= 0.3 is 0 Å². The van der Waals surface area contributed by atoms with Crippen molar-refractivity contribution >= 4 is 8.53 Å². The minimum Gasteiger partial charge on any atom is -0.497 e. The summed E-state index contributed by atoms with van der Waals surface area (Å²) in [6, 6.07) is 82.1. The van der Waals surface area contributed by atoms with E-state index < -0.39 is 30.7 Å². The number of nitrogens with zero attached hydrogens (tertiary/aromatic N) is 2. The Morgan fingerprint density at radius 1 is 0.291 bits per heavy atom. The van der Waals surface area contributed by atoms with Gasteiger partial charge in [0.2, 0.25) is 0 Å². The molecular formula is C92H113N2O15P. The molecule has 1 atom stereocenters. The topological polar surface area (TPSA) is 165 Å². The van der Waals surface area contributed by atoms with Gasteiger partial charge in [0.05, 0.1) is 120 Å². The van der Waals surface area contributed by atoms with Gasteiger partial charge in [0, 0.05) is 38.5 Å². The number of benzene rings is 9. The van der Waals surface area contributed by atoms with Gasteiger partial charge in [0.15, 0.2) is 0 Å². The third-order valence-electron chi connectivity index (χ3n) is 19.5. The van der Waals surface area contributed by atoms with Crippen molar-refractivity contribution in [1.82, 2.24) is 4.67 Å². The Kier molecular flexibility index (Phi) is 34.9. The van der Waals surface area contributed by atoms with E-state index in [0.29, 0.717) is 85.1 Å². The number of unbranched alkanes of at least 4 members (excludes halogenated alkanes) is 3. The Hall–Kier alpha value is -8.70. The molecule has 0 aromatic heterocycles. The highest BCUT2D eigenvalue weighted by Gasteiger charge is 2.42. The lowest BCUT2D eigenvalue weighted by atomic mass is 9.80. The third-order valence-corrected chi connectivity index (χ3v) is 21.6. The second-order valence-corrected chi connectivity index (χ2v) is 29.1. The summed E-state index contributed by atoms with van der Waals surface area (Å²) in [5, 5.41) is 9.29. The van der Waals surface area contributed by atoms with Crippen molar-refractivity contribution in [3.05, 3.63) is 287 Å². The molecule has 9 aromatic carbocycles. The van der Waals surface area contributed by atoms with Crippen LogP contribution in [0.15, 0.2) is 237 Å². The molecule has 17 nitrogen and oxygen atoms in total. The van der Waals surface area contributed by atoms with Crippen molar-refractivity contribution in [2.75, 3.05) is 129 Å². The average Bonchev–Trinajstić information content (AvgIpc) is 0.767. The van der Waals surface area contributed by atoms with Crippen LogP contribution < -0.4 is 28.4 Å². The summed E-state index contributed by atoms with van der Waals surface area (Å²) < 4.78 is 98.4. The fraction of sp³-hybridized carbons (Fsp3) is 0.402. The van der Waals surface area contributed by atoms with Gasteiger partial charge in [-0.05, 0) is 183 Å². The number of hydrogen-bond donors (Lipinski definition) is 0. The zero-order valence-corrected chi connectivity index (χ0v) is 66.9. The number of ether oxygens (including phenoxy) is 13. The summed E-state index contributed by atoms with van der Waals surface area (Å²) in [7, 11) is 8.71. The van der Waals surface area contributed by atoms with Crippen LogP contribution in [0.1, 0.15) is 129 Å². The maximum absolute atomic E-state index is 9.29. The lowest BCUT2D eigenvalue weighted by Gasteiger charge is -2.36. The summed E-state index contributed by atoms with van der Waals surface area (Å²) >= 11 is 0. The molecule has 586 valence electrons. The maximum Gasteiger partial charge on any atom is 0.259 e. The molecule has 0 fully saturated rings. The van der Waals surface area contributed by atoms with E-state index in [4.69, 9.17) is 70.6 Å². The van der Waals surface area contributed by atoms with Crippen LogP contribution in [0, 0.1) is 16.7 Å². The van der Waals surface area contributed by atoms with Crippen LogP contribution in [0.25, 0.3) is 0 Å². The van der Waals surface area contributed by atoms with Gasteiger partial charge in [-0.25, -0.2) is 4.67 Å². The molecule has 110 heavy (non-hydrogen) atoms. The zero-order valence-electron chi connectivity index (χ0n) is 66.0. The van der Waals surface area contributed by atoms with E-state index in [9.17, 15) is 5.26 Å². The highest BCUT2D eigenvalue weighted by molar-refractivity contribution is 7.44. The van der Waals surface area contributed by atoms with E-state index in [2.05, 4.69) is 148 Å². The van der Waals surface area contributed by atoms with E-state index in [-0.39, 0.29) is 38.5 Å². The second-order valence-electron chi connectivity index (χ2n) is 27.6. The Labute approximate surface area is 654 Å². The molecule has 0 radical (unpaired) electrons. The predicted molar refractivity (Wildman–Crippen MR) is 434 cm³/mol. The van der Waals surface area contributed by atoms with Crippen molar-refractivity contribution in [1.29, 1.82) is 5.26 Å². The fourth-order valence-electron chi connectivity index (χ4n) is 13.9. The van der Waals surface area contributed by atoms with Crippen molar-refractivity contribution in [3.63, 3.8) is 0 Å². The molecule has 0 aliphatic heterocycles. The minimum atomic E-state index is -1.32. The van der Waals surface area contributed by atoms with Gasteiger partial charge in [-0.3, -0.25) is 0 Å². The Morgan fingerprint density at radius 2 is 0.527 bits per heavy atom. The molecule has 0 bridgehead atoms. The number of nitriles is 1. The van der Waals surface area contributed by atoms with Gasteiger partial charge in [-0.15, -0.1) is 0 Å². The van der Waals surface area contributed by atoms with Crippen molar-refractivity contribution in [3.8, 4) is 40.6 Å². The number of methoxy groups -OCH3 is 6. The molecule has 9 aromatic rings. The van der Waals surface area contributed by atoms with E-state index in [0.717, 1.165) is 110 Å². The molecule has 0 aliphatic carbocycles. The normalized spacial score (nSPS) is 12.3.